The van der Waals surface area contributed by atoms with Crippen LogP contribution in [0.5, 0.6) is 0 Å². The van der Waals surface area contributed by atoms with Crippen LogP contribution >= 0.6 is 0 Å². The van der Waals surface area contributed by atoms with E-state index in [4.69, 9.17) is 4.74 Å². The van der Waals surface area contributed by atoms with E-state index in [-0.39, 0.29) is 18.0 Å². The molecule has 0 atom stereocenters. The van der Waals surface area contributed by atoms with Crippen LogP contribution in [0.4, 0.5) is 17.1 Å². The Bertz CT molecular complexity index is 516. The summed E-state index contributed by atoms with van der Waals surface area (Å²) in [6, 6.07) is 3.07. The molecule has 0 saturated carbocycles. The quantitative estimate of drug-likeness (QED) is 0.462. The second kappa shape index (κ2) is 5.66. The number of hydrogen-bond donors (Lipinski definition) is 2. The highest BCUT2D eigenvalue weighted by Gasteiger charge is 2.24. The predicted molar refractivity (Wildman–Crippen MR) is 70.4 cm³/mol. The van der Waals surface area contributed by atoms with E-state index < -0.39 is 4.92 Å². The first kappa shape index (κ1) is 13.3. The maximum atomic E-state index is 11.3. The van der Waals surface area contributed by atoms with Gasteiger partial charge in [0.05, 0.1) is 11.3 Å². The number of nitrogens with zero attached hydrogens (tertiary/aromatic N) is 1. The molecule has 0 aliphatic carbocycles. The lowest BCUT2D eigenvalue weighted by Gasteiger charge is -2.09. The van der Waals surface area contributed by atoms with E-state index in [2.05, 4.69) is 10.6 Å². The Morgan fingerprint density at radius 3 is 3.00 bits per heavy atom. The van der Waals surface area contributed by atoms with Crippen LogP contribution in [0.15, 0.2) is 12.1 Å². The van der Waals surface area contributed by atoms with E-state index in [9.17, 15) is 14.9 Å². The summed E-state index contributed by atoms with van der Waals surface area (Å²) in [5.41, 5.74) is 1.72. The number of benzene rings is 1. The van der Waals surface area contributed by atoms with Gasteiger partial charge in [0.15, 0.2) is 0 Å². The number of ether oxygens (including phenoxy) is 1. The molecule has 0 aromatic heterocycles. The van der Waals surface area contributed by atoms with Crippen LogP contribution in [-0.4, -0.2) is 31.1 Å². The summed E-state index contributed by atoms with van der Waals surface area (Å²) in [7, 11) is 1.60. The van der Waals surface area contributed by atoms with Gasteiger partial charge in [0.2, 0.25) is 5.91 Å². The number of anilines is 2. The van der Waals surface area contributed by atoms with Crippen molar-refractivity contribution in [2.75, 3.05) is 30.9 Å². The largest absolute Gasteiger partial charge is 0.385 e. The highest BCUT2D eigenvalue weighted by Crippen LogP contribution is 2.34. The molecular weight excluding hydrogens is 250 g/mol. The fraction of sp³-hybridized carbons (Fsp3) is 0.417. The number of methoxy groups -OCH3 is 1. The van der Waals surface area contributed by atoms with Gasteiger partial charge in [-0.25, -0.2) is 0 Å². The van der Waals surface area contributed by atoms with E-state index in [0.717, 1.165) is 6.42 Å². The van der Waals surface area contributed by atoms with Crippen LogP contribution < -0.4 is 10.6 Å². The zero-order valence-electron chi connectivity index (χ0n) is 10.6. The van der Waals surface area contributed by atoms with Gasteiger partial charge in [-0.3, -0.25) is 14.9 Å². The van der Waals surface area contributed by atoms with Gasteiger partial charge in [-0.2, -0.15) is 0 Å². The molecule has 1 amide bonds. The molecule has 0 spiro atoms. The number of nitro groups is 1. The van der Waals surface area contributed by atoms with Crippen LogP contribution in [0.3, 0.4) is 0 Å². The van der Waals surface area contributed by atoms with Crippen molar-refractivity contribution in [1.29, 1.82) is 0 Å². The minimum Gasteiger partial charge on any atom is -0.385 e. The van der Waals surface area contributed by atoms with Gasteiger partial charge in [-0.15, -0.1) is 0 Å². The van der Waals surface area contributed by atoms with E-state index in [1.807, 2.05) is 0 Å². The average molecular weight is 265 g/mol. The molecule has 7 heteroatoms. The van der Waals surface area contributed by atoms with Crippen LogP contribution in [0, 0.1) is 10.1 Å². The Hall–Kier alpha value is -2.15. The summed E-state index contributed by atoms with van der Waals surface area (Å²) >= 11 is 0. The molecule has 1 aliphatic heterocycles. The summed E-state index contributed by atoms with van der Waals surface area (Å²) in [4.78, 5) is 21.9. The highest BCUT2D eigenvalue weighted by atomic mass is 16.6. The second-order valence-electron chi connectivity index (χ2n) is 4.28. The predicted octanol–water partition coefficient (Wildman–Crippen LogP) is 1.54. The molecule has 1 aromatic carbocycles. The van der Waals surface area contributed by atoms with Crippen LogP contribution in [0.1, 0.15) is 12.0 Å². The van der Waals surface area contributed by atoms with Crippen molar-refractivity contribution in [3.05, 3.63) is 27.8 Å². The summed E-state index contributed by atoms with van der Waals surface area (Å²) in [5, 5.41) is 16.7. The molecular formula is C12H15N3O4. The lowest BCUT2D eigenvalue weighted by Crippen LogP contribution is -2.07. The molecule has 0 radical (unpaired) electrons. The lowest BCUT2D eigenvalue weighted by molar-refractivity contribution is -0.384. The van der Waals surface area contributed by atoms with Gasteiger partial charge in [0.25, 0.3) is 5.69 Å². The van der Waals surface area contributed by atoms with Crippen LogP contribution in [0.25, 0.3) is 0 Å². The smallest absolute Gasteiger partial charge is 0.292 e. The monoisotopic (exact) mass is 265 g/mol. The van der Waals surface area contributed by atoms with E-state index in [0.29, 0.717) is 30.1 Å². The second-order valence-corrected chi connectivity index (χ2v) is 4.28. The zero-order chi connectivity index (χ0) is 13.8. The molecule has 1 aliphatic rings. The molecule has 19 heavy (non-hydrogen) atoms. The molecule has 1 aromatic rings. The van der Waals surface area contributed by atoms with Crippen molar-refractivity contribution in [2.45, 2.75) is 12.8 Å². The fourth-order valence-electron chi connectivity index (χ4n) is 1.99. The van der Waals surface area contributed by atoms with E-state index in [1.165, 1.54) is 6.07 Å². The minimum absolute atomic E-state index is 0.00679. The summed E-state index contributed by atoms with van der Waals surface area (Å²) in [5.74, 6) is -0.138. The Morgan fingerprint density at radius 2 is 2.32 bits per heavy atom. The molecule has 7 nitrogen and oxygen atoms in total. The highest BCUT2D eigenvalue weighted by molar-refractivity contribution is 6.00. The summed E-state index contributed by atoms with van der Waals surface area (Å²) in [6.07, 6.45) is 0.942. The van der Waals surface area contributed by atoms with Gasteiger partial charge in [0.1, 0.15) is 5.69 Å². The summed E-state index contributed by atoms with van der Waals surface area (Å²) in [6.45, 7) is 1.16. The van der Waals surface area contributed by atoms with E-state index in [1.54, 1.807) is 13.2 Å². The number of rotatable bonds is 6. The van der Waals surface area contributed by atoms with Gasteiger partial charge in [-0.05, 0) is 18.1 Å². The minimum atomic E-state index is -0.443. The fourth-order valence-corrected chi connectivity index (χ4v) is 1.99. The van der Waals surface area contributed by atoms with Crippen molar-refractivity contribution < 1.29 is 14.5 Å². The molecule has 1 heterocycles. The first-order valence-electron chi connectivity index (χ1n) is 5.96. The maximum absolute atomic E-state index is 11.3. The SMILES string of the molecule is COCCCNc1cc2c(cc1[N+](=O)[O-])CC(=O)N2. The molecule has 2 N–H and O–H groups in total. The standard InChI is InChI=1S/C12H15N3O4/c1-19-4-2-3-13-10-7-9-8(6-12(16)14-9)5-11(10)15(17)18/h5,7,13H,2-4,6H2,1H3,(H,14,16). The first-order chi connectivity index (χ1) is 9.11. The van der Waals surface area contributed by atoms with Crippen LogP contribution in [0.2, 0.25) is 0 Å². The number of nitro benzene ring substituents is 1. The topological polar surface area (TPSA) is 93.5 Å². The molecule has 0 fully saturated rings. The number of carbonyl (C=O) groups is 1. The normalized spacial score (nSPS) is 13.0. The molecule has 0 unspecified atom stereocenters. The lowest BCUT2D eigenvalue weighted by atomic mass is 10.1. The zero-order valence-corrected chi connectivity index (χ0v) is 10.6. The number of hydrogen-bond acceptors (Lipinski definition) is 5. The molecule has 102 valence electrons. The number of fused-ring (bicyclic) bond motifs is 1. The third-order valence-corrected chi connectivity index (χ3v) is 2.88. The molecule has 0 saturated heterocycles. The van der Waals surface area contributed by atoms with Crippen molar-refractivity contribution >= 4 is 23.0 Å². The van der Waals surface area contributed by atoms with Crippen molar-refractivity contribution in [3.63, 3.8) is 0 Å². The third kappa shape index (κ3) is 3.00. The van der Waals surface area contributed by atoms with Crippen LogP contribution in [-0.2, 0) is 16.0 Å². The van der Waals surface area contributed by atoms with Gasteiger partial charge < -0.3 is 15.4 Å². The average Bonchev–Trinajstić information content (AvgIpc) is 2.72. The van der Waals surface area contributed by atoms with Gasteiger partial charge >= 0.3 is 0 Å². The molecule has 2 rings (SSSR count). The number of carbonyl (C=O) groups excluding carboxylic acids is 1. The Kier molecular flexibility index (Phi) is 3.96. The Morgan fingerprint density at radius 1 is 1.53 bits per heavy atom. The maximum Gasteiger partial charge on any atom is 0.292 e. The van der Waals surface area contributed by atoms with Crippen molar-refractivity contribution in [2.24, 2.45) is 0 Å². The van der Waals surface area contributed by atoms with Gasteiger partial charge in [-0.1, -0.05) is 0 Å². The van der Waals surface area contributed by atoms with Crippen molar-refractivity contribution in [3.8, 4) is 0 Å². The molecule has 0 bridgehead atoms. The Balaban J connectivity index is 2.19. The third-order valence-electron chi connectivity index (χ3n) is 2.88. The summed E-state index contributed by atoms with van der Waals surface area (Å²) < 4.78 is 4.91. The first-order valence-corrected chi connectivity index (χ1v) is 5.96. The van der Waals surface area contributed by atoms with Gasteiger partial charge in [0, 0.05) is 32.0 Å². The number of nitrogens with one attached hydrogen (secondary N) is 2. The van der Waals surface area contributed by atoms with Crippen molar-refractivity contribution in [1.82, 2.24) is 0 Å². The Labute approximate surface area is 110 Å². The van der Waals surface area contributed by atoms with E-state index >= 15 is 0 Å². The number of amides is 1.